The van der Waals surface area contributed by atoms with Crippen molar-refractivity contribution in [3.05, 3.63) is 93.5 Å². The smallest absolute Gasteiger partial charge is 0.274 e. The molecule has 174 valence electrons. The van der Waals surface area contributed by atoms with Gasteiger partial charge in [-0.05, 0) is 48.4 Å². The lowest BCUT2D eigenvalue weighted by Crippen LogP contribution is -2.33. The molecule has 0 fully saturated rings. The second kappa shape index (κ2) is 9.01. The molecule has 0 saturated heterocycles. The molecule has 2 amide bonds. The van der Waals surface area contributed by atoms with Gasteiger partial charge in [-0.25, -0.2) is 13.5 Å². The second-order valence-corrected chi connectivity index (χ2v) is 8.16. The Balaban J connectivity index is 1.72. The summed E-state index contributed by atoms with van der Waals surface area (Å²) < 4.78 is 29.3. The molecule has 0 spiro atoms. The van der Waals surface area contributed by atoms with Gasteiger partial charge in [-0.3, -0.25) is 14.4 Å². The molecule has 34 heavy (non-hydrogen) atoms. The van der Waals surface area contributed by atoms with Crippen molar-refractivity contribution in [1.29, 1.82) is 0 Å². The lowest BCUT2D eigenvalue weighted by atomic mass is 9.85. The molecule has 7 nitrogen and oxygen atoms in total. The summed E-state index contributed by atoms with van der Waals surface area (Å²) in [5.41, 5.74) is 1.40. The van der Waals surface area contributed by atoms with Crippen LogP contribution in [-0.4, -0.2) is 33.5 Å². The molecular formula is C25H22F2N4O3. The summed E-state index contributed by atoms with van der Waals surface area (Å²) in [5, 5.41) is 6.60. The van der Waals surface area contributed by atoms with Crippen molar-refractivity contribution in [3.63, 3.8) is 0 Å². The lowest BCUT2D eigenvalue weighted by Gasteiger charge is -2.28. The molecule has 0 radical (unpaired) electrons. The quantitative estimate of drug-likeness (QED) is 0.641. The lowest BCUT2D eigenvalue weighted by molar-refractivity contribution is -0.128. The predicted molar refractivity (Wildman–Crippen MR) is 123 cm³/mol. The predicted octanol–water partition coefficient (Wildman–Crippen LogP) is 3.50. The third-order valence-electron chi connectivity index (χ3n) is 5.92. The standard InChI is InChI=1S/C25H22F2N4O3/c1-14-21(27)10-16(18-8-9-28-31(3)25(18)34)11-22(14)29-24(33)20-13-30(2)23(32)12-19(20)15-4-6-17(26)7-5-15/h4-11,13,19H,12H2,1-3H3,(H,29,33). The fourth-order valence-corrected chi connectivity index (χ4v) is 3.89. The van der Waals surface area contributed by atoms with E-state index in [1.807, 2.05) is 0 Å². The molecule has 1 atom stereocenters. The molecule has 0 bridgehead atoms. The molecule has 0 aliphatic carbocycles. The first kappa shape index (κ1) is 23.0. The third kappa shape index (κ3) is 4.36. The van der Waals surface area contributed by atoms with Gasteiger partial charge in [0.15, 0.2) is 0 Å². The van der Waals surface area contributed by atoms with Crippen molar-refractivity contribution in [2.75, 3.05) is 12.4 Å². The maximum absolute atomic E-state index is 14.8. The van der Waals surface area contributed by atoms with Crippen molar-refractivity contribution in [2.45, 2.75) is 19.3 Å². The maximum atomic E-state index is 14.8. The van der Waals surface area contributed by atoms with E-state index in [9.17, 15) is 23.2 Å². The van der Waals surface area contributed by atoms with Crippen LogP contribution < -0.4 is 10.9 Å². The molecule has 1 aliphatic rings. The van der Waals surface area contributed by atoms with E-state index in [1.54, 1.807) is 7.05 Å². The van der Waals surface area contributed by atoms with Gasteiger partial charge in [-0.15, -0.1) is 0 Å². The number of hydrogen-bond donors (Lipinski definition) is 1. The van der Waals surface area contributed by atoms with Crippen LogP contribution in [0.5, 0.6) is 0 Å². The Labute approximate surface area is 194 Å². The van der Waals surface area contributed by atoms with Crippen LogP contribution in [-0.2, 0) is 16.6 Å². The highest BCUT2D eigenvalue weighted by molar-refractivity contribution is 6.07. The largest absolute Gasteiger partial charge is 0.322 e. The van der Waals surface area contributed by atoms with E-state index in [-0.39, 0.29) is 34.7 Å². The van der Waals surface area contributed by atoms with E-state index in [4.69, 9.17) is 0 Å². The molecule has 1 aliphatic heterocycles. The first-order valence-electron chi connectivity index (χ1n) is 10.5. The Kier molecular flexibility index (Phi) is 6.10. The zero-order valence-electron chi connectivity index (χ0n) is 18.8. The van der Waals surface area contributed by atoms with Crippen molar-refractivity contribution in [2.24, 2.45) is 7.05 Å². The van der Waals surface area contributed by atoms with E-state index < -0.39 is 29.0 Å². The average molecular weight is 464 g/mol. The zero-order chi connectivity index (χ0) is 24.6. The van der Waals surface area contributed by atoms with Crippen molar-refractivity contribution >= 4 is 17.5 Å². The molecular weight excluding hydrogens is 442 g/mol. The van der Waals surface area contributed by atoms with Crippen LogP contribution in [0.2, 0.25) is 0 Å². The van der Waals surface area contributed by atoms with Gasteiger partial charge in [0.05, 0.1) is 5.56 Å². The average Bonchev–Trinajstić information content (AvgIpc) is 2.80. The van der Waals surface area contributed by atoms with E-state index in [1.165, 1.54) is 73.7 Å². The minimum atomic E-state index is -0.592. The van der Waals surface area contributed by atoms with E-state index >= 15 is 0 Å². The monoisotopic (exact) mass is 464 g/mol. The number of halogens is 2. The normalized spacial score (nSPS) is 15.8. The second-order valence-electron chi connectivity index (χ2n) is 8.16. The van der Waals surface area contributed by atoms with Crippen LogP contribution >= 0.6 is 0 Å². The highest BCUT2D eigenvalue weighted by atomic mass is 19.1. The fourth-order valence-electron chi connectivity index (χ4n) is 3.89. The number of hydrogen-bond acceptors (Lipinski definition) is 4. The Morgan fingerprint density at radius 1 is 1.09 bits per heavy atom. The molecule has 9 heteroatoms. The Hall–Kier alpha value is -4.14. The van der Waals surface area contributed by atoms with E-state index in [0.717, 1.165) is 4.68 Å². The van der Waals surface area contributed by atoms with E-state index in [2.05, 4.69) is 10.4 Å². The van der Waals surface area contributed by atoms with Gasteiger partial charge in [0.1, 0.15) is 11.6 Å². The minimum Gasteiger partial charge on any atom is -0.322 e. The molecule has 4 rings (SSSR count). The number of aromatic nitrogens is 2. The molecule has 2 aromatic carbocycles. The van der Waals surface area contributed by atoms with E-state index in [0.29, 0.717) is 11.1 Å². The number of benzene rings is 2. The number of nitrogens with one attached hydrogen (secondary N) is 1. The Bertz CT molecular complexity index is 1380. The summed E-state index contributed by atoms with van der Waals surface area (Å²) in [6, 6.07) is 9.84. The summed E-state index contributed by atoms with van der Waals surface area (Å²) in [6.45, 7) is 1.52. The molecule has 1 unspecified atom stereocenters. The summed E-state index contributed by atoms with van der Waals surface area (Å²) in [6.07, 6.45) is 2.89. The SMILES string of the molecule is Cc1c(F)cc(-c2ccnn(C)c2=O)cc1NC(=O)C1=CN(C)C(=O)CC1c1ccc(F)cc1. The number of rotatable bonds is 4. The number of nitrogens with zero attached hydrogens (tertiary/aromatic N) is 3. The van der Waals surface area contributed by atoms with Gasteiger partial charge in [0.25, 0.3) is 11.5 Å². The van der Waals surface area contributed by atoms with Gasteiger partial charge >= 0.3 is 0 Å². The van der Waals surface area contributed by atoms with Crippen LogP contribution in [0.3, 0.4) is 0 Å². The highest BCUT2D eigenvalue weighted by Gasteiger charge is 2.31. The van der Waals surface area contributed by atoms with Crippen LogP contribution in [0.1, 0.15) is 23.5 Å². The van der Waals surface area contributed by atoms with Crippen LogP contribution in [0.15, 0.2) is 65.2 Å². The number of aryl methyl sites for hydroxylation is 1. The zero-order valence-corrected chi connectivity index (χ0v) is 18.8. The number of anilines is 1. The van der Waals surface area contributed by atoms with Crippen molar-refractivity contribution in [1.82, 2.24) is 14.7 Å². The van der Waals surface area contributed by atoms with Gasteiger partial charge in [0.2, 0.25) is 5.91 Å². The molecule has 2 heterocycles. The Morgan fingerprint density at radius 3 is 2.50 bits per heavy atom. The van der Waals surface area contributed by atoms with Crippen LogP contribution in [0.4, 0.5) is 14.5 Å². The first-order valence-corrected chi connectivity index (χ1v) is 10.5. The van der Waals surface area contributed by atoms with Gasteiger partial charge in [-0.1, -0.05) is 12.1 Å². The summed E-state index contributed by atoms with van der Waals surface area (Å²) >= 11 is 0. The first-order chi connectivity index (χ1) is 16.2. The van der Waals surface area contributed by atoms with Gasteiger partial charge in [-0.2, -0.15) is 5.10 Å². The van der Waals surface area contributed by atoms with Crippen LogP contribution in [0, 0.1) is 18.6 Å². The van der Waals surface area contributed by atoms with Crippen molar-refractivity contribution in [3.8, 4) is 11.1 Å². The maximum Gasteiger partial charge on any atom is 0.274 e. The number of carbonyl (C=O) groups is 2. The molecule has 0 saturated carbocycles. The topological polar surface area (TPSA) is 84.3 Å². The number of carbonyl (C=O) groups excluding carboxylic acids is 2. The molecule has 1 aromatic heterocycles. The summed E-state index contributed by atoms with van der Waals surface area (Å²) in [4.78, 5) is 39.4. The summed E-state index contributed by atoms with van der Waals surface area (Å²) in [7, 11) is 3.03. The fraction of sp³-hybridized carbons (Fsp3) is 0.200. The van der Waals surface area contributed by atoms with Crippen molar-refractivity contribution < 1.29 is 18.4 Å². The van der Waals surface area contributed by atoms with Gasteiger partial charge < -0.3 is 10.2 Å². The molecule has 3 aromatic rings. The molecule has 1 N–H and O–H groups in total. The highest BCUT2D eigenvalue weighted by Crippen LogP contribution is 2.34. The number of amides is 2. The summed E-state index contributed by atoms with van der Waals surface area (Å²) in [5.74, 6) is -2.33. The third-order valence-corrected chi connectivity index (χ3v) is 5.92. The Morgan fingerprint density at radius 2 is 1.79 bits per heavy atom. The van der Waals surface area contributed by atoms with Gasteiger partial charge in [0, 0.05) is 55.7 Å². The minimum absolute atomic E-state index is 0.0296. The van der Waals surface area contributed by atoms with Crippen LogP contribution in [0.25, 0.3) is 11.1 Å².